The Kier molecular flexibility index (Phi) is 6.08. The first-order chi connectivity index (χ1) is 12.9. The van der Waals surface area contributed by atoms with Crippen LogP contribution in [0.3, 0.4) is 0 Å². The number of imidazole rings is 1. The molecule has 1 N–H and O–H groups in total. The molecule has 0 saturated heterocycles. The van der Waals surface area contributed by atoms with Crippen molar-refractivity contribution in [3.05, 3.63) is 76.8 Å². The average Bonchev–Trinajstić information content (AvgIpc) is 3.10. The topological polar surface area (TPSA) is 39.1 Å². The number of hydrogen-bond acceptors (Lipinski definition) is 3. The molecule has 0 aliphatic rings. The van der Waals surface area contributed by atoms with E-state index in [-0.39, 0.29) is 10.8 Å². The van der Waals surface area contributed by atoms with Gasteiger partial charge >= 0.3 is 0 Å². The SMILES string of the molecule is CC(C)n1cnc(CNCc2cc(F)ccc2Oc2ccc(F)c(Cl)c2)c1. The van der Waals surface area contributed by atoms with E-state index < -0.39 is 5.82 Å². The molecule has 0 saturated carbocycles. The number of nitrogens with one attached hydrogen (secondary N) is 1. The van der Waals surface area contributed by atoms with Crippen LogP contribution in [0.1, 0.15) is 31.1 Å². The van der Waals surface area contributed by atoms with E-state index in [4.69, 9.17) is 16.3 Å². The second kappa shape index (κ2) is 8.50. The van der Waals surface area contributed by atoms with Crippen molar-refractivity contribution in [2.24, 2.45) is 0 Å². The van der Waals surface area contributed by atoms with Crippen LogP contribution >= 0.6 is 11.6 Å². The Morgan fingerprint density at radius 2 is 1.96 bits per heavy atom. The summed E-state index contributed by atoms with van der Waals surface area (Å²) in [7, 11) is 0. The first-order valence-corrected chi connectivity index (χ1v) is 8.94. The van der Waals surface area contributed by atoms with E-state index in [2.05, 4.69) is 24.1 Å². The van der Waals surface area contributed by atoms with E-state index in [9.17, 15) is 8.78 Å². The van der Waals surface area contributed by atoms with E-state index in [1.807, 2.05) is 10.8 Å². The zero-order valence-corrected chi connectivity index (χ0v) is 15.8. The zero-order chi connectivity index (χ0) is 19.4. The molecule has 0 fully saturated rings. The first-order valence-electron chi connectivity index (χ1n) is 8.57. The van der Waals surface area contributed by atoms with E-state index in [0.717, 1.165) is 5.69 Å². The van der Waals surface area contributed by atoms with Crippen LogP contribution in [-0.2, 0) is 13.1 Å². The van der Waals surface area contributed by atoms with E-state index in [1.165, 1.54) is 36.4 Å². The molecule has 0 aliphatic carbocycles. The molecule has 2 aromatic carbocycles. The van der Waals surface area contributed by atoms with Crippen molar-refractivity contribution < 1.29 is 13.5 Å². The molecule has 1 heterocycles. The van der Waals surface area contributed by atoms with Crippen molar-refractivity contribution in [1.82, 2.24) is 14.9 Å². The summed E-state index contributed by atoms with van der Waals surface area (Å²) in [4.78, 5) is 4.34. The van der Waals surface area contributed by atoms with Crippen LogP contribution in [-0.4, -0.2) is 9.55 Å². The predicted octanol–water partition coefficient (Wildman–Crippen LogP) is 5.48. The Bertz CT molecular complexity index is 927. The maximum atomic E-state index is 13.7. The lowest BCUT2D eigenvalue weighted by molar-refractivity contribution is 0.468. The van der Waals surface area contributed by atoms with Crippen molar-refractivity contribution in [1.29, 1.82) is 0 Å². The van der Waals surface area contributed by atoms with Crippen LogP contribution in [0, 0.1) is 11.6 Å². The molecule has 3 rings (SSSR count). The van der Waals surface area contributed by atoms with Gasteiger partial charge in [0.2, 0.25) is 0 Å². The van der Waals surface area contributed by atoms with Crippen LogP contribution in [0.15, 0.2) is 48.9 Å². The molecule has 0 amide bonds. The third-order valence-corrected chi connectivity index (χ3v) is 4.30. The van der Waals surface area contributed by atoms with Crippen molar-refractivity contribution in [2.45, 2.75) is 33.0 Å². The summed E-state index contributed by atoms with van der Waals surface area (Å²) in [6.07, 6.45) is 3.76. The standard InChI is InChI=1S/C20H20ClF2N3O/c1-13(2)26-11-16(25-12-26)10-24-9-14-7-15(22)3-6-20(14)27-17-4-5-19(23)18(21)8-17/h3-8,11-13,24H,9-10H2,1-2H3. The van der Waals surface area contributed by atoms with E-state index in [1.54, 1.807) is 6.33 Å². The summed E-state index contributed by atoms with van der Waals surface area (Å²) in [6.45, 7) is 5.09. The van der Waals surface area contributed by atoms with Crippen LogP contribution in [0.4, 0.5) is 8.78 Å². The lowest BCUT2D eigenvalue weighted by Gasteiger charge is -2.12. The highest BCUT2D eigenvalue weighted by Gasteiger charge is 2.09. The number of nitrogens with zero attached hydrogens (tertiary/aromatic N) is 2. The van der Waals surface area contributed by atoms with Gasteiger partial charge in [-0.15, -0.1) is 0 Å². The largest absolute Gasteiger partial charge is 0.457 e. The Morgan fingerprint density at radius 1 is 1.15 bits per heavy atom. The Hall–Kier alpha value is -2.44. The predicted molar refractivity (Wildman–Crippen MR) is 101 cm³/mol. The highest BCUT2D eigenvalue weighted by molar-refractivity contribution is 6.30. The van der Waals surface area contributed by atoms with Gasteiger partial charge in [0.05, 0.1) is 17.0 Å². The van der Waals surface area contributed by atoms with Gasteiger partial charge in [0.1, 0.15) is 23.1 Å². The van der Waals surface area contributed by atoms with E-state index >= 15 is 0 Å². The third-order valence-electron chi connectivity index (χ3n) is 4.01. The number of ether oxygens (including phenoxy) is 1. The van der Waals surface area contributed by atoms with Crippen LogP contribution in [0.5, 0.6) is 11.5 Å². The second-order valence-electron chi connectivity index (χ2n) is 6.44. The zero-order valence-electron chi connectivity index (χ0n) is 15.0. The van der Waals surface area contributed by atoms with Gasteiger partial charge in [-0.1, -0.05) is 11.6 Å². The van der Waals surface area contributed by atoms with Crippen LogP contribution in [0.25, 0.3) is 0 Å². The minimum atomic E-state index is -0.522. The summed E-state index contributed by atoms with van der Waals surface area (Å²) in [5.41, 5.74) is 1.53. The van der Waals surface area contributed by atoms with E-state index in [0.29, 0.717) is 36.2 Å². The maximum Gasteiger partial charge on any atom is 0.142 e. The lowest BCUT2D eigenvalue weighted by atomic mass is 10.2. The third kappa shape index (κ3) is 5.05. The Balaban J connectivity index is 1.68. The molecule has 1 aromatic heterocycles. The highest BCUT2D eigenvalue weighted by atomic mass is 35.5. The first kappa shape index (κ1) is 19.3. The summed E-state index contributed by atoms with van der Waals surface area (Å²) in [5.74, 6) is -0.0320. The molecule has 0 atom stereocenters. The van der Waals surface area contributed by atoms with Gasteiger partial charge in [0, 0.05) is 37.0 Å². The highest BCUT2D eigenvalue weighted by Crippen LogP contribution is 2.29. The molecule has 0 unspecified atom stereocenters. The Labute approximate surface area is 161 Å². The minimum Gasteiger partial charge on any atom is -0.457 e. The summed E-state index contributed by atoms with van der Waals surface area (Å²) >= 11 is 5.78. The van der Waals surface area contributed by atoms with Gasteiger partial charge in [-0.3, -0.25) is 0 Å². The molecule has 7 heteroatoms. The molecule has 27 heavy (non-hydrogen) atoms. The number of benzene rings is 2. The molecular formula is C20H20ClF2N3O. The van der Waals surface area contributed by atoms with Gasteiger partial charge in [0.25, 0.3) is 0 Å². The normalized spacial score (nSPS) is 11.2. The van der Waals surface area contributed by atoms with Crippen molar-refractivity contribution >= 4 is 11.6 Å². The summed E-state index contributed by atoms with van der Waals surface area (Å²) in [6, 6.07) is 8.68. The molecule has 3 aromatic rings. The fraction of sp³-hybridized carbons (Fsp3) is 0.250. The maximum absolute atomic E-state index is 13.7. The smallest absolute Gasteiger partial charge is 0.142 e. The second-order valence-corrected chi connectivity index (χ2v) is 6.85. The lowest BCUT2D eigenvalue weighted by Crippen LogP contribution is -2.14. The molecule has 0 radical (unpaired) electrons. The monoisotopic (exact) mass is 391 g/mol. The summed E-state index contributed by atoms with van der Waals surface area (Å²) in [5, 5.41) is 3.20. The number of rotatable bonds is 7. The molecule has 4 nitrogen and oxygen atoms in total. The molecule has 0 aliphatic heterocycles. The van der Waals surface area contributed by atoms with Gasteiger partial charge < -0.3 is 14.6 Å². The molecule has 142 valence electrons. The van der Waals surface area contributed by atoms with Crippen LogP contribution in [0.2, 0.25) is 5.02 Å². The van der Waals surface area contributed by atoms with Gasteiger partial charge in [-0.2, -0.15) is 0 Å². The van der Waals surface area contributed by atoms with Gasteiger partial charge in [-0.25, -0.2) is 13.8 Å². The van der Waals surface area contributed by atoms with Crippen molar-refractivity contribution in [3.8, 4) is 11.5 Å². The average molecular weight is 392 g/mol. The number of hydrogen-bond donors (Lipinski definition) is 1. The number of halogens is 3. The minimum absolute atomic E-state index is 0.0324. The molecule has 0 spiro atoms. The molecule has 0 bridgehead atoms. The fourth-order valence-electron chi connectivity index (χ4n) is 2.53. The van der Waals surface area contributed by atoms with Gasteiger partial charge in [0.15, 0.2) is 0 Å². The van der Waals surface area contributed by atoms with Gasteiger partial charge in [-0.05, 0) is 44.2 Å². The quantitative estimate of drug-likeness (QED) is 0.579. The van der Waals surface area contributed by atoms with Crippen molar-refractivity contribution in [2.75, 3.05) is 0 Å². The Morgan fingerprint density at radius 3 is 2.67 bits per heavy atom. The van der Waals surface area contributed by atoms with Crippen LogP contribution < -0.4 is 10.1 Å². The van der Waals surface area contributed by atoms with Crippen molar-refractivity contribution in [3.63, 3.8) is 0 Å². The fourth-order valence-corrected chi connectivity index (χ4v) is 2.70. The number of aromatic nitrogens is 2. The summed E-state index contributed by atoms with van der Waals surface area (Å²) < 4.78 is 34.8. The molecular weight excluding hydrogens is 372 g/mol.